The Morgan fingerprint density at radius 3 is 2.54 bits per heavy atom. The highest BCUT2D eigenvalue weighted by Crippen LogP contribution is 2.19. The van der Waals surface area contributed by atoms with Crippen molar-refractivity contribution < 1.29 is 0 Å². The van der Waals surface area contributed by atoms with Crippen LogP contribution >= 0.6 is 56.8 Å². The van der Waals surface area contributed by atoms with Gasteiger partial charge in [0, 0.05) is 0 Å². The van der Waals surface area contributed by atoms with Gasteiger partial charge in [0.1, 0.15) is 24.8 Å². The largest absolute Gasteiger partial charge is 0.232 e. The van der Waals surface area contributed by atoms with E-state index in [1.54, 1.807) is 0 Å². The van der Waals surface area contributed by atoms with E-state index < -0.39 is 0 Å². The Kier molecular flexibility index (Phi) is 2.79. The molecule has 0 aliphatic carbocycles. The van der Waals surface area contributed by atoms with E-state index in [9.17, 15) is 0 Å². The minimum absolute atomic E-state index is 0.226. The fourth-order valence-corrected chi connectivity index (χ4v) is 2.29. The van der Waals surface area contributed by atoms with Gasteiger partial charge in [0.05, 0.1) is 0 Å². The predicted octanol–water partition coefficient (Wildman–Crippen LogP) is 2.28. The van der Waals surface area contributed by atoms with Crippen LogP contribution in [0.3, 0.4) is 0 Å². The van der Waals surface area contributed by atoms with Gasteiger partial charge in [-0.15, -0.1) is 0 Å². The molecule has 0 saturated carbocycles. The van der Waals surface area contributed by atoms with Crippen molar-refractivity contribution in [1.82, 2.24) is 19.9 Å². The summed E-state index contributed by atoms with van der Waals surface area (Å²) in [5.74, 6) is 0. The average Bonchev–Trinajstić information content (AvgIpc) is 2.07. The van der Waals surface area contributed by atoms with Gasteiger partial charge in [-0.1, -0.05) is 0 Å². The summed E-state index contributed by atoms with van der Waals surface area (Å²) >= 11 is 9.87. The summed E-state index contributed by atoms with van der Waals surface area (Å²) in [4.78, 5) is 16.1. The van der Waals surface area contributed by atoms with Gasteiger partial charge in [-0.2, -0.15) is 0 Å². The first-order chi connectivity index (χ1) is 6.18. The molecule has 0 aliphatic rings. The summed E-state index contributed by atoms with van der Waals surface area (Å²) in [7, 11) is 0. The summed E-state index contributed by atoms with van der Waals surface area (Å²) in [5.41, 5.74) is 1.44. The first-order valence-electron chi connectivity index (χ1n) is 3.17. The highest BCUT2D eigenvalue weighted by atomic mass is 127. The molecule has 0 bridgehead atoms. The van der Waals surface area contributed by atoms with E-state index in [0.29, 0.717) is 5.52 Å². The molecule has 4 nitrogen and oxygen atoms in total. The SMILES string of the molecule is Clc1nc(I)c2ncnc(I)c2n1. The highest BCUT2D eigenvalue weighted by Gasteiger charge is 2.08. The van der Waals surface area contributed by atoms with Gasteiger partial charge in [-0.25, -0.2) is 19.9 Å². The van der Waals surface area contributed by atoms with E-state index in [1.165, 1.54) is 6.33 Å². The molecule has 0 aromatic carbocycles. The van der Waals surface area contributed by atoms with Gasteiger partial charge in [0.25, 0.3) is 0 Å². The maximum absolute atomic E-state index is 5.71. The molecular formula is C6HClI2N4. The molecule has 2 rings (SSSR count). The van der Waals surface area contributed by atoms with Crippen LogP contribution in [0.4, 0.5) is 0 Å². The van der Waals surface area contributed by atoms with Gasteiger partial charge in [0.2, 0.25) is 5.28 Å². The zero-order chi connectivity index (χ0) is 9.42. The molecule has 0 aliphatic heterocycles. The van der Waals surface area contributed by atoms with E-state index in [1.807, 2.05) is 0 Å². The maximum atomic E-state index is 5.71. The first kappa shape index (κ1) is 9.71. The van der Waals surface area contributed by atoms with Crippen LogP contribution in [0.2, 0.25) is 5.28 Å². The molecule has 13 heavy (non-hydrogen) atoms. The van der Waals surface area contributed by atoms with Crippen molar-refractivity contribution in [3.8, 4) is 0 Å². The monoisotopic (exact) mass is 418 g/mol. The van der Waals surface area contributed by atoms with Gasteiger partial charge in [-0.3, -0.25) is 0 Å². The summed E-state index contributed by atoms with van der Waals surface area (Å²) in [6.07, 6.45) is 1.49. The molecule has 0 N–H and O–H groups in total. The van der Waals surface area contributed by atoms with Crippen molar-refractivity contribution >= 4 is 67.8 Å². The maximum Gasteiger partial charge on any atom is 0.224 e. The molecule has 2 heterocycles. The van der Waals surface area contributed by atoms with Crippen molar-refractivity contribution in [2.75, 3.05) is 0 Å². The molecule has 0 atom stereocenters. The third-order valence-electron chi connectivity index (χ3n) is 1.37. The molecule has 2 aromatic rings. The van der Waals surface area contributed by atoms with Crippen molar-refractivity contribution in [2.24, 2.45) is 0 Å². The number of aromatic nitrogens is 4. The average molecular weight is 418 g/mol. The Hall–Kier alpha value is 0.170. The van der Waals surface area contributed by atoms with Gasteiger partial charge >= 0.3 is 0 Å². The van der Waals surface area contributed by atoms with Crippen LogP contribution in [0.1, 0.15) is 0 Å². The van der Waals surface area contributed by atoms with Crippen LogP contribution < -0.4 is 0 Å². The van der Waals surface area contributed by atoms with E-state index in [0.717, 1.165) is 12.9 Å². The fourth-order valence-electron chi connectivity index (χ4n) is 0.859. The van der Waals surface area contributed by atoms with E-state index in [-0.39, 0.29) is 5.28 Å². The predicted molar refractivity (Wildman–Crippen MR) is 65.6 cm³/mol. The normalized spacial score (nSPS) is 10.7. The zero-order valence-electron chi connectivity index (χ0n) is 6.00. The van der Waals surface area contributed by atoms with Crippen molar-refractivity contribution in [2.45, 2.75) is 0 Å². The summed E-state index contributed by atoms with van der Waals surface area (Å²) in [5, 5.41) is 0.226. The molecule has 66 valence electrons. The minimum atomic E-state index is 0.226. The van der Waals surface area contributed by atoms with Crippen LogP contribution in [0.15, 0.2) is 6.33 Å². The number of hydrogen-bond donors (Lipinski definition) is 0. The number of nitrogens with zero attached hydrogens (tertiary/aromatic N) is 4. The third kappa shape index (κ3) is 1.84. The summed E-state index contributed by atoms with van der Waals surface area (Å²) in [6, 6.07) is 0. The van der Waals surface area contributed by atoms with Crippen LogP contribution in [0, 0.1) is 7.40 Å². The molecule has 0 spiro atoms. The Morgan fingerprint density at radius 1 is 1.00 bits per heavy atom. The molecule has 2 aromatic heterocycles. The quantitative estimate of drug-likeness (QED) is 0.374. The fraction of sp³-hybridized carbons (Fsp3) is 0. The molecule has 0 radical (unpaired) electrons. The molecule has 7 heteroatoms. The van der Waals surface area contributed by atoms with Gasteiger partial charge < -0.3 is 0 Å². The smallest absolute Gasteiger partial charge is 0.224 e. The van der Waals surface area contributed by atoms with Crippen LogP contribution in [-0.4, -0.2) is 19.9 Å². The molecule has 0 amide bonds. The van der Waals surface area contributed by atoms with Crippen LogP contribution in [0.5, 0.6) is 0 Å². The highest BCUT2D eigenvalue weighted by molar-refractivity contribution is 14.1. The molecule has 0 fully saturated rings. The number of hydrogen-bond acceptors (Lipinski definition) is 4. The van der Waals surface area contributed by atoms with E-state index in [4.69, 9.17) is 11.6 Å². The Bertz CT molecular complexity index is 475. The lowest BCUT2D eigenvalue weighted by atomic mass is 10.4. The van der Waals surface area contributed by atoms with Crippen molar-refractivity contribution in [3.63, 3.8) is 0 Å². The zero-order valence-corrected chi connectivity index (χ0v) is 11.1. The number of fused-ring (bicyclic) bond motifs is 1. The topological polar surface area (TPSA) is 51.6 Å². The van der Waals surface area contributed by atoms with Crippen molar-refractivity contribution in [3.05, 3.63) is 19.0 Å². The standard InChI is InChI=1S/C6HClI2N4/c7-6-12-3-2(5(9)13-6)10-1-11-4(3)8/h1H. The summed E-state index contributed by atoms with van der Waals surface area (Å²) < 4.78 is 1.53. The van der Waals surface area contributed by atoms with E-state index in [2.05, 4.69) is 65.1 Å². The van der Waals surface area contributed by atoms with Crippen LogP contribution in [-0.2, 0) is 0 Å². The Balaban J connectivity index is 2.94. The summed E-state index contributed by atoms with van der Waals surface area (Å²) in [6.45, 7) is 0. The van der Waals surface area contributed by atoms with E-state index >= 15 is 0 Å². The second-order valence-corrected chi connectivity index (χ2v) is 4.53. The second kappa shape index (κ2) is 3.73. The van der Waals surface area contributed by atoms with Crippen molar-refractivity contribution in [1.29, 1.82) is 0 Å². The lowest BCUT2D eigenvalue weighted by Gasteiger charge is -1.99. The number of rotatable bonds is 0. The molecular weight excluding hydrogens is 417 g/mol. The minimum Gasteiger partial charge on any atom is -0.232 e. The van der Waals surface area contributed by atoms with Gasteiger partial charge in [0.15, 0.2) is 0 Å². The van der Waals surface area contributed by atoms with Crippen LogP contribution in [0.25, 0.3) is 11.0 Å². The second-order valence-electron chi connectivity index (χ2n) is 2.15. The Labute approximate surface area is 106 Å². The lowest BCUT2D eigenvalue weighted by Crippen LogP contribution is -1.96. The first-order valence-corrected chi connectivity index (χ1v) is 5.71. The number of halogens is 3. The molecule has 0 saturated heterocycles. The molecule has 0 unspecified atom stereocenters. The lowest BCUT2D eigenvalue weighted by molar-refractivity contribution is 1.11. The van der Waals surface area contributed by atoms with Gasteiger partial charge in [-0.05, 0) is 56.8 Å². The Morgan fingerprint density at radius 2 is 1.77 bits per heavy atom. The third-order valence-corrected chi connectivity index (χ3v) is 3.08.